The molecule has 0 radical (unpaired) electrons. The van der Waals surface area contributed by atoms with Gasteiger partial charge in [-0.3, -0.25) is 9.59 Å². The number of aromatic nitrogens is 1. The van der Waals surface area contributed by atoms with E-state index >= 15 is 0 Å². The maximum atomic E-state index is 13.1. The van der Waals surface area contributed by atoms with Crippen LogP contribution >= 0.6 is 0 Å². The molecule has 1 amide bonds. The summed E-state index contributed by atoms with van der Waals surface area (Å²) >= 11 is 0. The first-order valence-electron chi connectivity index (χ1n) is 11.7. The van der Waals surface area contributed by atoms with Crippen LogP contribution in [0.15, 0.2) is 35.3 Å². The average molecular weight is 408 g/mol. The fourth-order valence-corrected chi connectivity index (χ4v) is 6.16. The van der Waals surface area contributed by atoms with Crippen LogP contribution in [0, 0.1) is 23.7 Å². The molecule has 2 heterocycles. The summed E-state index contributed by atoms with van der Waals surface area (Å²) in [6, 6.07) is 7.69. The van der Waals surface area contributed by atoms with Crippen molar-refractivity contribution >= 4 is 22.4 Å². The van der Waals surface area contributed by atoms with Crippen LogP contribution in [-0.4, -0.2) is 35.5 Å². The standard InChI is InChI=1S/C25H33N3O2/c1-27-10-7-17(8-11-27)16-28-12-9-21-22(25(28)30)3-2-4-23(21)26-24(29)15-20-14-18-5-6-19(20)13-18/h2-4,9,12,17-20H,5-8,10-11,13-16H2,1H3,(H,26,29)/t18?,19-,20?/m1/s1. The molecular weight excluding hydrogens is 374 g/mol. The number of rotatable bonds is 5. The van der Waals surface area contributed by atoms with E-state index in [1.54, 1.807) is 0 Å². The summed E-state index contributed by atoms with van der Waals surface area (Å²) in [4.78, 5) is 28.2. The molecule has 1 aliphatic heterocycles. The molecule has 1 N–H and O–H groups in total. The first-order valence-corrected chi connectivity index (χ1v) is 11.7. The van der Waals surface area contributed by atoms with Crippen molar-refractivity contribution in [3.05, 3.63) is 40.8 Å². The zero-order chi connectivity index (χ0) is 20.7. The predicted molar refractivity (Wildman–Crippen MR) is 121 cm³/mol. The molecule has 1 aromatic heterocycles. The van der Waals surface area contributed by atoms with Crippen molar-refractivity contribution in [1.29, 1.82) is 0 Å². The van der Waals surface area contributed by atoms with Gasteiger partial charge in [-0.15, -0.1) is 0 Å². The van der Waals surface area contributed by atoms with Crippen LogP contribution in [0.5, 0.6) is 0 Å². The number of carbonyl (C=O) groups is 1. The quantitative estimate of drug-likeness (QED) is 0.812. The number of carbonyl (C=O) groups excluding carboxylic acids is 1. The number of pyridine rings is 1. The van der Waals surface area contributed by atoms with E-state index in [0.717, 1.165) is 55.4 Å². The normalized spacial score (nSPS) is 27.0. The highest BCUT2D eigenvalue weighted by Crippen LogP contribution is 2.49. The molecule has 2 saturated carbocycles. The fourth-order valence-electron chi connectivity index (χ4n) is 6.16. The Balaban J connectivity index is 1.30. The number of likely N-dealkylation sites (tertiary alicyclic amines) is 1. The van der Waals surface area contributed by atoms with Crippen molar-refractivity contribution in [2.75, 3.05) is 25.5 Å². The van der Waals surface area contributed by atoms with Crippen molar-refractivity contribution in [1.82, 2.24) is 9.47 Å². The van der Waals surface area contributed by atoms with Gasteiger partial charge >= 0.3 is 0 Å². The van der Waals surface area contributed by atoms with Crippen molar-refractivity contribution < 1.29 is 4.79 Å². The number of amides is 1. The molecule has 5 rings (SSSR count). The third-order valence-electron chi connectivity index (χ3n) is 7.92. The minimum Gasteiger partial charge on any atom is -0.326 e. The van der Waals surface area contributed by atoms with Gasteiger partial charge in [0.25, 0.3) is 5.56 Å². The van der Waals surface area contributed by atoms with Gasteiger partial charge in [0.1, 0.15) is 0 Å². The monoisotopic (exact) mass is 407 g/mol. The maximum Gasteiger partial charge on any atom is 0.258 e. The van der Waals surface area contributed by atoms with E-state index in [0.29, 0.717) is 23.6 Å². The smallest absolute Gasteiger partial charge is 0.258 e. The lowest BCUT2D eigenvalue weighted by Crippen LogP contribution is -2.33. The first kappa shape index (κ1) is 19.8. The summed E-state index contributed by atoms with van der Waals surface area (Å²) in [6.45, 7) is 2.99. The van der Waals surface area contributed by atoms with E-state index < -0.39 is 0 Å². The molecule has 2 aliphatic carbocycles. The Bertz CT molecular complexity index is 990. The largest absolute Gasteiger partial charge is 0.326 e. The van der Waals surface area contributed by atoms with Gasteiger partial charge in [-0.1, -0.05) is 12.5 Å². The summed E-state index contributed by atoms with van der Waals surface area (Å²) < 4.78 is 1.86. The van der Waals surface area contributed by atoms with Crippen molar-refractivity contribution in [2.45, 2.75) is 51.5 Å². The van der Waals surface area contributed by atoms with Crippen molar-refractivity contribution in [3.8, 4) is 0 Å². The van der Waals surface area contributed by atoms with Gasteiger partial charge in [0.05, 0.1) is 0 Å². The second-order valence-electron chi connectivity index (χ2n) is 9.97. The first-order chi connectivity index (χ1) is 14.6. The lowest BCUT2D eigenvalue weighted by Gasteiger charge is -2.29. The van der Waals surface area contributed by atoms with E-state index in [4.69, 9.17) is 0 Å². The second kappa shape index (κ2) is 8.18. The highest BCUT2D eigenvalue weighted by Gasteiger charge is 2.40. The molecule has 3 atom stereocenters. The third-order valence-corrected chi connectivity index (χ3v) is 7.92. The van der Waals surface area contributed by atoms with Gasteiger partial charge < -0.3 is 14.8 Å². The van der Waals surface area contributed by atoms with Crippen LogP contribution < -0.4 is 10.9 Å². The zero-order valence-corrected chi connectivity index (χ0v) is 18.0. The molecule has 5 heteroatoms. The van der Waals surface area contributed by atoms with E-state index in [-0.39, 0.29) is 11.5 Å². The zero-order valence-electron chi connectivity index (χ0n) is 18.0. The maximum absolute atomic E-state index is 13.1. The number of nitrogens with zero attached hydrogens (tertiary/aromatic N) is 2. The number of benzene rings is 1. The lowest BCUT2D eigenvalue weighted by atomic mass is 9.86. The molecule has 5 nitrogen and oxygen atoms in total. The Labute approximate surface area is 178 Å². The Morgan fingerprint density at radius 3 is 2.63 bits per heavy atom. The van der Waals surface area contributed by atoms with Crippen LogP contribution in [-0.2, 0) is 11.3 Å². The van der Waals surface area contributed by atoms with E-state index in [9.17, 15) is 9.59 Å². The van der Waals surface area contributed by atoms with Gasteiger partial charge in [0, 0.05) is 35.6 Å². The van der Waals surface area contributed by atoms with Gasteiger partial charge in [-0.05, 0) is 94.1 Å². The molecule has 30 heavy (non-hydrogen) atoms. The number of fused-ring (bicyclic) bond motifs is 3. The summed E-state index contributed by atoms with van der Waals surface area (Å²) in [5.74, 6) is 2.80. The Morgan fingerprint density at radius 1 is 1.07 bits per heavy atom. The molecule has 1 aromatic carbocycles. The molecule has 2 aromatic rings. The van der Waals surface area contributed by atoms with Crippen LogP contribution in [0.25, 0.3) is 10.8 Å². The molecule has 1 saturated heterocycles. The van der Waals surface area contributed by atoms with Gasteiger partial charge in [-0.2, -0.15) is 0 Å². The summed E-state index contributed by atoms with van der Waals surface area (Å²) in [6.07, 6.45) is 10.0. The fraction of sp³-hybridized carbons (Fsp3) is 0.600. The van der Waals surface area contributed by atoms with Crippen LogP contribution in [0.1, 0.15) is 44.9 Å². The molecule has 160 valence electrons. The van der Waals surface area contributed by atoms with Crippen molar-refractivity contribution in [3.63, 3.8) is 0 Å². The molecule has 2 bridgehead atoms. The predicted octanol–water partition coefficient (Wildman–Crippen LogP) is 4.11. The Kier molecular flexibility index (Phi) is 5.40. The van der Waals surface area contributed by atoms with Crippen LogP contribution in [0.3, 0.4) is 0 Å². The molecule has 3 fully saturated rings. The topological polar surface area (TPSA) is 54.3 Å². The number of hydrogen-bond donors (Lipinski definition) is 1. The summed E-state index contributed by atoms with van der Waals surface area (Å²) in [5, 5.41) is 4.66. The molecule has 2 unspecified atom stereocenters. The van der Waals surface area contributed by atoms with Gasteiger partial charge in [0.2, 0.25) is 5.91 Å². The molecule has 3 aliphatic rings. The lowest BCUT2D eigenvalue weighted by molar-refractivity contribution is -0.117. The summed E-state index contributed by atoms with van der Waals surface area (Å²) in [7, 11) is 2.16. The number of hydrogen-bond acceptors (Lipinski definition) is 3. The second-order valence-corrected chi connectivity index (χ2v) is 9.97. The van der Waals surface area contributed by atoms with E-state index in [1.165, 1.54) is 25.7 Å². The molecular formula is C25H33N3O2. The minimum absolute atomic E-state index is 0.0515. The summed E-state index contributed by atoms with van der Waals surface area (Å²) in [5.41, 5.74) is 0.819. The van der Waals surface area contributed by atoms with E-state index in [1.807, 2.05) is 35.0 Å². The molecule has 0 spiro atoms. The number of anilines is 1. The Morgan fingerprint density at radius 2 is 1.90 bits per heavy atom. The highest BCUT2D eigenvalue weighted by molar-refractivity contribution is 6.01. The van der Waals surface area contributed by atoms with Gasteiger partial charge in [0.15, 0.2) is 0 Å². The third kappa shape index (κ3) is 3.92. The van der Waals surface area contributed by atoms with Crippen LogP contribution in [0.4, 0.5) is 5.69 Å². The van der Waals surface area contributed by atoms with E-state index in [2.05, 4.69) is 17.3 Å². The minimum atomic E-state index is 0.0515. The highest BCUT2D eigenvalue weighted by atomic mass is 16.1. The number of piperidine rings is 1. The van der Waals surface area contributed by atoms with Gasteiger partial charge in [-0.25, -0.2) is 0 Å². The SMILES string of the molecule is CN1CCC(Cn2ccc3c(NC(=O)CC4CC5CC[C@@H]4C5)cccc3c2=O)CC1. The average Bonchev–Trinajstić information content (AvgIpc) is 3.35. The number of nitrogens with one attached hydrogen (secondary N) is 1. The van der Waals surface area contributed by atoms with Crippen molar-refractivity contribution in [2.24, 2.45) is 23.7 Å². The van der Waals surface area contributed by atoms with Crippen LogP contribution in [0.2, 0.25) is 0 Å². The Hall–Kier alpha value is -2.14.